The lowest BCUT2D eigenvalue weighted by molar-refractivity contribution is 0.0955. The summed E-state index contributed by atoms with van der Waals surface area (Å²) in [6.45, 7) is 8.77. The van der Waals surface area contributed by atoms with Gasteiger partial charge in [0.1, 0.15) is 11.5 Å². The van der Waals surface area contributed by atoms with Gasteiger partial charge in [-0.15, -0.1) is 0 Å². The van der Waals surface area contributed by atoms with Gasteiger partial charge < -0.3 is 9.88 Å². The molecule has 0 saturated carbocycles. The summed E-state index contributed by atoms with van der Waals surface area (Å²) in [5.41, 5.74) is 3.41. The van der Waals surface area contributed by atoms with Crippen LogP contribution in [0.25, 0.3) is 49.0 Å². The van der Waals surface area contributed by atoms with Crippen LogP contribution in [0.4, 0.5) is 14.5 Å². The Morgan fingerprint density at radius 1 is 1.06 bits per heavy atom. The van der Waals surface area contributed by atoms with Crippen molar-refractivity contribution in [1.29, 1.82) is 0 Å². The molecule has 4 heterocycles. The minimum Gasteiger partial charge on any atom is -0.343 e. The highest BCUT2D eigenvalue weighted by Crippen LogP contribution is 2.40. The van der Waals surface area contributed by atoms with Crippen molar-refractivity contribution in [1.82, 2.24) is 24.6 Å². The SMILES string of the molecule is [C-]#[N+]c1ccc(-c2c(-c3ccc4c(cnn4C)c3)ncc3c2ccn3CC2(F)CCNCC2)cc1F. The fraction of sp³-hybridized carbons (Fsp3) is 0.250. The zero-order chi connectivity index (χ0) is 24.9. The minimum absolute atomic E-state index is 0.0277. The summed E-state index contributed by atoms with van der Waals surface area (Å²) in [6, 6.07) is 12.6. The summed E-state index contributed by atoms with van der Waals surface area (Å²) >= 11 is 0. The van der Waals surface area contributed by atoms with Crippen molar-refractivity contribution in [3.05, 3.63) is 78.3 Å². The average molecular weight is 483 g/mol. The lowest BCUT2D eigenvalue weighted by atomic mass is 9.94. The van der Waals surface area contributed by atoms with Gasteiger partial charge in [0.05, 0.1) is 42.2 Å². The number of aryl methyl sites for hydroxylation is 1. The van der Waals surface area contributed by atoms with Gasteiger partial charge in [-0.1, -0.05) is 18.2 Å². The third kappa shape index (κ3) is 3.73. The quantitative estimate of drug-likeness (QED) is 0.318. The second-order valence-corrected chi connectivity index (χ2v) is 9.45. The highest BCUT2D eigenvalue weighted by Gasteiger charge is 2.32. The second-order valence-electron chi connectivity index (χ2n) is 9.45. The molecule has 36 heavy (non-hydrogen) atoms. The van der Waals surface area contributed by atoms with Gasteiger partial charge in [0.25, 0.3) is 0 Å². The molecule has 1 fully saturated rings. The van der Waals surface area contributed by atoms with Crippen LogP contribution < -0.4 is 5.32 Å². The van der Waals surface area contributed by atoms with E-state index in [1.54, 1.807) is 18.5 Å². The average Bonchev–Trinajstić information content (AvgIpc) is 3.46. The van der Waals surface area contributed by atoms with Gasteiger partial charge in [0.15, 0.2) is 0 Å². The van der Waals surface area contributed by atoms with E-state index >= 15 is 4.39 Å². The van der Waals surface area contributed by atoms with Crippen LogP contribution in [-0.4, -0.2) is 38.1 Å². The van der Waals surface area contributed by atoms with Gasteiger partial charge in [0, 0.05) is 35.1 Å². The van der Waals surface area contributed by atoms with E-state index in [2.05, 4.69) is 15.3 Å². The molecule has 0 aliphatic carbocycles. The molecule has 0 amide bonds. The molecule has 0 atom stereocenters. The number of nitrogens with one attached hydrogen (secondary N) is 1. The number of halogens is 2. The molecule has 0 bridgehead atoms. The molecule has 0 spiro atoms. The molecule has 8 heteroatoms. The van der Waals surface area contributed by atoms with Crippen molar-refractivity contribution >= 4 is 27.5 Å². The molecule has 1 saturated heterocycles. The number of rotatable bonds is 4. The Morgan fingerprint density at radius 2 is 1.86 bits per heavy atom. The molecule has 1 N–H and O–H groups in total. The zero-order valence-electron chi connectivity index (χ0n) is 19.8. The molecule has 1 aliphatic heterocycles. The topological polar surface area (TPSA) is 52.0 Å². The Balaban J connectivity index is 1.55. The number of hydrogen-bond acceptors (Lipinski definition) is 3. The number of alkyl halides is 1. The van der Waals surface area contributed by atoms with Gasteiger partial charge in [0.2, 0.25) is 5.69 Å². The van der Waals surface area contributed by atoms with Gasteiger partial charge in [-0.2, -0.15) is 5.10 Å². The van der Waals surface area contributed by atoms with E-state index in [1.807, 2.05) is 46.8 Å². The van der Waals surface area contributed by atoms with Crippen LogP contribution in [0.2, 0.25) is 0 Å². The van der Waals surface area contributed by atoms with E-state index in [4.69, 9.17) is 11.6 Å². The van der Waals surface area contributed by atoms with Crippen molar-refractivity contribution in [3.63, 3.8) is 0 Å². The summed E-state index contributed by atoms with van der Waals surface area (Å²) in [6.07, 6.45) is 6.38. The lowest BCUT2D eigenvalue weighted by Crippen LogP contribution is -2.41. The van der Waals surface area contributed by atoms with E-state index in [9.17, 15) is 4.39 Å². The van der Waals surface area contributed by atoms with E-state index < -0.39 is 11.5 Å². The third-order valence-corrected chi connectivity index (χ3v) is 7.16. The lowest BCUT2D eigenvalue weighted by Gasteiger charge is -2.30. The van der Waals surface area contributed by atoms with Crippen LogP contribution in [0.3, 0.4) is 0 Å². The molecular formula is C28H24F2N6. The van der Waals surface area contributed by atoms with Crippen molar-refractivity contribution in [2.45, 2.75) is 25.1 Å². The molecule has 0 radical (unpaired) electrons. The third-order valence-electron chi connectivity index (χ3n) is 7.16. The molecule has 1 aliphatic rings. The minimum atomic E-state index is -1.29. The first-order valence-corrected chi connectivity index (χ1v) is 11.9. The number of fused-ring (bicyclic) bond motifs is 2. The normalized spacial score (nSPS) is 15.4. The van der Waals surface area contributed by atoms with Crippen molar-refractivity contribution in [2.24, 2.45) is 7.05 Å². The summed E-state index contributed by atoms with van der Waals surface area (Å²) in [4.78, 5) is 8.08. The monoisotopic (exact) mass is 482 g/mol. The van der Waals surface area contributed by atoms with Crippen LogP contribution in [0.5, 0.6) is 0 Å². The smallest absolute Gasteiger partial charge is 0.222 e. The predicted octanol–water partition coefficient (Wildman–Crippen LogP) is 6.04. The van der Waals surface area contributed by atoms with Crippen LogP contribution in [-0.2, 0) is 13.6 Å². The Labute approximate surface area is 207 Å². The predicted molar refractivity (Wildman–Crippen MR) is 137 cm³/mol. The van der Waals surface area contributed by atoms with E-state index in [1.165, 1.54) is 12.1 Å². The molecule has 6 nitrogen and oxygen atoms in total. The maximum Gasteiger partial charge on any atom is 0.222 e. The Kier molecular flexibility index (Phi) is 5.31. The van der Waals surface area contributed by atoms with Crippen LogP contribution in [0.1, 0.15) is 12.8 Å². The number of piperidine rings is 1. The first-order chi connectivity index (χ1) is 17.5. The maximum atomic E-state index is 15.6. The molecule has 2 aromatic carbocycles. The van der Waals surface area contributed by atoms with Crippen molar-refractivity contribution in [2.75, 3.05) is 13.1 Å². The first-order valence-electron chi connectivity index (χ1n) is 11.9. The molecule has 3 aromatic heterocycles. The Morgan fingerprint density at radius 3 is 2.64 bits per heavy atom. The fourth-order valence-corrected chi connectivity index (χ4v) is 5.21. The summed E-state index contributed by atoms with van der Waals surface area (Å²) in [7, 11) is 1.89. The molecule has 6 rings (SSSR count). The first kappa shape index (κ1) is 22.4. The zero-order valence-corrected chi connectivity index (χ0v) is 19.8. The Hall–Kier alpha value is -4.09. The molecule has 5 aromatic rings. The molecular weight excluding hydrogens is 458 g/mol. The van der Waals surface area contributed by atoms with Gasteiger partial charge in [-0.3, -0.25) is 9.67 Å². The summed E-state index contributed by atoms with van der Waals surface area (Å²) in [5.74, 6) is -0.579. The molecule has 180 valence electrons. The summed E-state index contributed by atoms with van der Waals surface area (Å²) < 4.78 is 34.0. The fourth-order valence-electron chi connectivity index (χ4n) is 5.21. The Bertz CT molecular complexity index is 1650. The van der Waals surface area contributed by atoms with Crippen molar-refractivity contribution < 1.29 is 8.78 Å². The number of benzene rings is 2. The number of pyridine rings is 1. The second kappa shape index (κ2) is 8.54. The van der Waals surface area contributed by atoms with Crippen LogP contribution in [0.15, 0.2) is 61.1 Å². The van der Waals surface area contributed by atoms with Crippen LogP contribution in [0, 0.1) is 12.4 Å². The van der Waals surface area contributed by atoms with E-state index in [-0.39, 0.29) is 12.2 Å². The molecule has 0 unspecified atom stereocenters. The number of hydrogen-bond donors (Lipinski definition) is 1. The van der Waals surface area contributed by atoms with Gasteiger partial charge >= 0.3 is 0 Å². The highest BCUT2D eigenvalue weighted by molar-refractivity contribution is 6.02. The largest absolute Gasteiger partial charge is 0.343 e. The number of aromatic nitrogens is 4. The van der Waals surface area contributed by atoms with Gasteiger partial charge in [-0.05, 0) is 55.8 Å². The van der Waals surface area contributed by atoms with E-state index in [0.717, 1.165) is 32.9 Å². The standard InChI is InChI=1S/C28H24F2N6/c1-31-23-5-3-18(14-22(23)29)26-21-7-12-36(17-28(30)8-10-32-11-9-28)25(21)16-33-27(26)19-4-6-24-20(13-19)15-34-35(24)2/h3-7,12-16,32H,8-11,17H2,2H3. The van der Waals surface area contributed by atoms with Gasteiger partial charge in [-0.25, -0.2) is 13.6 Å². The maximum absolute atomic E-state index is 15.6. The van der Waals surface area contributed by atoms with Crippen molar-refractivity contribution in [3.8, 4) is 22.4 Å². The number of nitrogens with zero attached hydrogens (tertiary/aromatic N) is 5. The summed E-state index contributed by atoms with van der Waals surface area (Å²) in [5, 5.41) is 9.38. The highest BCUT2D eigenvalue weighted by atomic mass is 19.1. The van der Waals surface area contributed by atoms with E-state index in [0.29, 0.717) is 37.2 Å². The van der Waals surface area contributed by atoms with Crippen LogP contribution >= 0.6 is 0 Å².